The lowest BCUT2D eigenvalue weighted by Gasteiger charge is -2.19. The first-order chi connectivity index (χ1) is 11.8. The SMILES string of the molecule is CCC1(c2ccccc2)N=C(CCCC=O)[N+]=C1c1ccccc1. The normalized spacial score (nSPS) is 19.7. The molecule has 0 N–H and O–H groups in total. The average molecular weight is 318 g/mol. The van der Waals surface area contributed by atoms with Crippen LogP contribution >= 0.6 is 0 Å². The van der Waals surface area contributed by atoms with Crippen LogP contribution in [0.15, 0.2) is 65.7 Å². The maximum absolute atomic E-state index is 10.6. The Kier molecular flexibility index (Phi) is 4.99. The number of carbonyl (C=O) groups is 1. The van der Waals surface area contributed by atoms with Crippen molar-refractivity contribution in [3.63, 3.8) is 0 Å². The number of carbonyl (C=O) groups excluding carboxylic acids is 1. The second-order valence-corrected chi connectivity index (χ2v) is 5.99. The monoisotopic (exact) mass is 318 g/mol. The molecule has 24 heavy (non-hydrogen) atoms. The molecule has 0 spiro atoms. The van der Waals surface area contributed by atoms with Gasteiger partial charge >= 0.3 is 5.84 Å². The predicted octanol–water partition coefficient (Wildman–Crippen LogP) is 3.90. The zero-order chi connectivity index (χ0) is 16.8. The summed E-state index contributed by atoms with van der Waals surface area (Å²) < 4.78 is 0. The molecule has 0 aromatic heterocycles. The number of unbranched alkanes of at least 4 members (excludes halogenated alkanes) is 1. The summed E-state index contributed by atoms with van der Waals surface area (Å²) in [6.45, 7) is 2.16. The topological polar surface area (TPSA) is 43.5 Å². The molecule has 0 saturated carbocycles. The Morgan fingerprint density at radius 2 is 1.71 bits per heavy atom. The second-order valence-electron chi connectivity index (χ2n) is 5.99. The first kappa shape index (κ1) is 16.3. The van der Waals surface area contributed by atoms with Crippen molar-refractivity contribution in [3.05, 3.63) is 71.8 Å². The molecule has 1 unspecified atom stereocenters. The molecule has 3 heteroatoms. The van der Waals surface area contributed by atoms with Gasteiger partial charge < -0.3 is 4.79 Å². The number of aldehydes is 1. The number of aliphatic imine (C=N–C) groups is 2. The van der Waals surface area contributed by atoms with Crippen LogP contribution in [0.3, 0.4) is 0 Å². The minimum atomic E-state index is -0.431. The highest BCUT2D eigenvalue weighted by molar-refractivity contribution is 6.15. The summed E-state index contributed by atoms with van der Waals surface area (Å²) >= 11 is 0. The van der Waals surface area contributed by atoms with Crippen LogP contribution in [0.2, 0.25) is 0 Å². The number of hydrogen-bond acceptors (Lipinski definition) is 3. The fourth-order valence-corrected chi connectivity index (χ4v) is 3.24. The molecule has 1 aliphatic heterocycles. The van der Waals surface area contributed by atoms with E-state index in [9.17, 15) is 4.79 Å². The summed E-state index contributed by atoms with van der Waals surface area (Å²) in [7, 11) is 0. The molecule has 1 heterocycles. The van der Waals surface area contributed by atoms with Gasteiger partial charge in [0.15, 0.2) is 0 Å². The number of amidine groups is 1. The maximum Gasteiger partial charge on any atom is 0.335 e. The van der Waals surface area contributed by atoms with Crippen molar-refractivity contribution in [2.75, 3.05) is 0 Å². The van der Waals surface area contributed by atoms with E-state index in [-0.39, 0.29) is 0 Å². The van der Waals surface area contributed by atoms with Gasteiger partial charge in [-0.05, 0) is 11.4 Å². The van der Waals surface area contributed by atoms with Gasteiger partial charge in [-0.15, -0.1) is 0 Å². The molecule has 0 aliphatic carbocycles. The first-order valence-electron chi connectivity index (χ1n) is 8.52. The molecule has 1 aliphatic rings. The summed E-state index contributed by atoms with van der Waals surface area (Å²) in [5, 5.41) is 0. The van der Waals surface area contributed by atoms with E-state index >= 15 is 0 Å². The van der Waals surface area contributed by atoms with Crippen LogP contribution in [0, 0.1) is 0 Å². The van der Waals surface area contributed by atoms with Crippen LogP contribution < -0.4 is 4.99 Å². The third kappa shape index (κ3) is 3.07. The molecule has 0 saturated heterocycles. The standard InChI is InChI=1S/C21H22N2O/c1-2-21(18-13-7-4-8-14-18)20(17-11-5-3-6-12-17)22-19(23-21)15-9-10-16-24/h3-8,11-14,16H,2,9-10,15H2,1H3/q+1. The van der Waals surface area contributed by atoms with Gasteiger partial charge in [0.05, 0.1) is 6.42 Å². The Bertz CT molecular complexity index is 750. The van der Waals surface area contributed by atoms with Crippen LogP contribution in [0.25, 0.3) is 0 Å². The van der Waals surface area contributed by atoms with Crippen molar-refractivity contribution in [1.82, 2.24) is 4.99 Å². The summed E-state index contributed by atoms with van der Waals surface area (Å²) in [6, 6.07) is 20.6. The summed E-state index contributed by atoms with van der Waals surface area (Å²) in [6.07, 6.45) is 3.90. The van der Waals surface area contributed by atoms with Gasteiger partial charge in [0, 0.05) is 24.0 Å². The van der Waals surface area contributed by atoms with Gasteiger partial charge in [-0.3, -0.25) is 0 Å². The fourth-order valence-electron chi connectivity index (χ4n) is 3.24. The predicted molar refractivity (Wildman–Crippen MR) is 98.4 cm³/mol. The first-order valence-corrected chi connectivity index (χ1v) is 8.52. The lowest BCUT2D eigenvalue weighted by Crippen LogP contribution is -2.33. The van der Waals surface area contributed by atoms with Crippen LogP contribution in [0.5, 0.6) is 0 Å². The van der Waals surface area contributed by atoms with Crippen molar-refractivity contribution in [3.8, 4) is 0 Å². The molecule has 3 nitrogen and oxygen atoms in total. The Hall–Kier alpha value is -2.55. The highest BCUT2D eigenvalue weighted by Gasteiger charge is 2.50. The molecular weight excluding hydrogens is 296 g/mol. The Balaban J connectivity index is 2.05. The van der Waals surface area contributed by atoms with Gasteiger partial charge in [-0.25, -0.2) is 0 Å². The van der Waals surface area contributed by atoms with Crippen molar-refractivity contribution < 1.29 is 4.79 Å². The lowest BCUT2D eigenvalue weighted by molar-refractivity contribution is -0.107. The molecule has 1 atom stereocenters. The number of nitrogens with zero attached hydrogens (tertiary/aromatic N) is 2. The van der Waals surface area contributed by atoms with Crippen LogP contribution in [-0.4, -0.2) is 17.8 Å². The van der Waals surface area contributed by atoms with E-state index in [1.807, 2.05) is 24.3 Å². The van der Waals surface area contributed by atoms with Gasteiger partial charge in [0.25, 0.3) is 0 Å². The zero-order valence-corrected chi connectivity index (χ0v) is 14.0. The minimum absolute atomic E-state index is 0.431. The third-order valence-corrected chi connectivity index (χ3v) is 4.49. The summed E-state index contributed by atoms with van der Waals surface area (Å²) in [5.74, 6) is 0.849. The molecule has 1 radical (unpaired) electrons. The largest absolute Gasteiger partial charge is 0.335 e. The van der Waals surface area contributed by atoms with E-state index in [1.165, 1.54) is 5.56 Å². The Morgan fingerprint density at radius 3 is 2.33 bits per heavy atom. The lowest BCUT2D eigenvalue weighted by atomic mass is 9.81. The second kappa shape index (κ2) is 7.35. The molecule has 3 rings (SSSR count). The van der Waals surface area contributed by atoms with Crippen molar-refractivity contribution in [2.45, 2.75) is 38.1 Å². The van der Waals surface area contributed by atoms with Crippen molar-refractivity contribution >= 4 is 17.8 Å². The molecule has 2 aromatic carbocycles. The van der Waals surface area contributed by atoms with Gasteiger partial charge in [-0.2, -0.15) is 0 Å². The number of hydrogen-bond donors (Lipinski definition) is 0. The van der Waals surface area contributed by atoms with Crippen LogP contribution in [-0.2, 0) is 10.3 Å². The van der Waals surface area contributed by atoms with E-state index in [0.717, 1.165) is 42.7 Å². The smallest absolute Gasteiger partial charge is 0.303 e. The van der Waals surface area contributed by atoms with E-state index in [2.05, 4.69) is 43.3 Å². The van der Waals surface area contributed by atoms with Gasteiger partial charge in [-0.1, -0.05) is 72.6 Å². The van der Waals surface area contributed by atoms with Crippen LogP contribution in [0.1, 0.15) is 43.7 Å². The van der Waals surface area contributed by atoms with E-state index in [4.69, 9.17) is 9.98 Å². The molecule has 2 aromatic rings. The molecule has 121 valence electrons. The number of benzene rings is 2. The van der Waals surface area contributed by atoms with E-state index in [1.54, 1.807) is 0 Å². The number of rotatable bonds is 7. The zero-order valence-electron chi connectivity index (χ0n) is 14.0. The molecule has 0 fully saturated rings. The summed E-state index contributed by atoms with van der Waals surface area (Å²) in [4.78, 5) is 20.5. The van der Waals surface area contributed by atoms with Crippen molar-refractivity contribution in [1.29, 1.82) is 0 Å². The van der Waals surface area contributed by atoms with E-state index in [0.29, 0.717) is 6.42 Å². The van der Waals surface area contributed by atoms with Gasteiger partial charge in [0.1, 0.15) is 6.29 Å². The highest BCUT2D eigenvalue weighted by Crippen LogP contribution is 2.36. The Morgan fingerprint density at radius 1 is 1.04 bits per heavy atom. The third-order valence-electron chi connectivity index (χ3n) is 4.49. The quantitative estimate of drug-likeness (QED) is 0.564. The summed E-state index contributed by atoms with van der Waals surface area (Å²) in [5.41, 5.74) is 2.86. The van der Waals surface area contributed by atoms with Gasteiger partial charge in [0.2, 0.25) is 11.3 Å². The minimum Gasteiger partial charge on any atom is -0.303 e. The van der Waals surface area contributed by atoms with Crippen molar-refractivity contribution in [2.24, 2.45) is 4.99 Å². The fraction of sp³-hybridized carbons (Fsp3) is 0.286. The molecular formula is C21H22N2O+. The average Bonchev–Trinajstić information content (AvgIpc) is 3.03. The Labute approximate surface area is 143 Å². The highest BCUT2D eigenvalue weighted by atomic mass is 16.1. The molecule has 0 bridgehead atoms. The van der Waals surface area contributed by atoms with Crippen LogP contribution in [0.4, 0.5) is 0 Å². The maximum atomic E-state index is 10.6. The molecule has 0 amide bonds. The van der Waals surface area contributed by atoms with E-state index < -0.39 is 5.54 Å².